The van der Waals surface area contributed by atoms with Crippen LogP contribution in [0.5, 0.6) is 0 Å². The second-order valence-corrected chi connectivity index (χ2v) is 21.2. The van der Waals surface area contributed by atoms with Gasteiger partial charge in [0.1, 0.15) is 6.61 Å². The summed E-state index contributed by atoms with van der Waals surface area (Å²) in [5.74, 6) is -1.09. The number of nitrogens with one attached hydrogen (secondary N) is 1. The molecular weight excluding hydrogens is 470 g/mol. The number of amides is 2. The maximum absolute atomic E-state index is 12.3. The standard InChI is InChI=1S/C23H49N3O6Si2/c1-22(2,3)33(7,8)31-14-13-26(20(28)17-24)18-19(27)25-12-11-21(29)30-15-16-32-34(9,10)23(4,5)6/h11-18,24H2,1-10H3,(H,25,27). The maximum Gasteiger partial charge on any atom is 0.307 e. The Balaban J connectivity index is 4.38. The predicted molar refractivity (Wildman–Crippen MR) is 141 cm³/mol. The molecule has 0 atom stereocenters. The van der Waals surface area contributed by atoms with Crippen molar-refractivity contribution in [2.75, 3.05) is 46.0 Å². The summed E-state index contributed by atoms with van der Waals surface area (Å²) in [6.45, 7) is 22.4. The molecule has 9 nitrogen and oxygen atoms in total. The highest BCUT2D eigenvalue weighted by Crippen LogP contribution is 2.37. The monoisotopic (exact) mass is 519 g/mol. The molecule has 200 valence electrons. The Bertz CT molecular complexity index is 673. The van der Waals surface area contributed by atoms with Crippen LogP contribution in [0.2, 0.25) is 36.3 Å². The number of nitrogens with two attached hydrogens (primary N) is 1. The van der Waals surface area contributed by atoms with E-state index in [1.54, 1.807) is 0 Å². The van der Waals surface area contributed by atoms with Crippen molar-refractivity contribution in [3.63, 3.8) is 0 Å². The highest BCUT2D eigenvalue weighted by Gasteiger charge is 2.37. The molecule has 0 saturated heterocycles. The van der Waals surface area contributed by atoms with Crippen LogP contribution in [-0.2, 0) is 28.0 Å². The van der Waals surface area contributed by atoms with E-state index in [9.17, 15) is 14.4 Å². The van der Waals surface area contributed by atoms with E-state index in [2.05, 4.69) is 73.0 Å². The molecule has 11 heteroatoms. The molecule has 0 aliphatic heterocycles. The zero-order valence-electron chi connectivity index (χ0n) is 23.1. The van der Waals surface area contributed by atoms with Crippen LogP contribution in [0.4, 0.5) is 0 Å². The summed E-state index contributed by atoms with van der Waals surface area (Å²) in [5, 5.41) is 2.81. The Kier molecular flexibility index (Phi) is 13.2. The van der Waals surface area contributed by atoms with Gasteiger partial charge in [0.25, 0.3) is 0 Å². The molecule has 0 saturated carbocycles. The number of hydrogen-bond acceptors (Lipinski definition) is 7. The number of hydrogen-bond donors (Lipinski definition) is 2. The second kappa shape index (κ2) is 13.7. The lowest BCUT2D eigenvalue weighted by atomic mass is 10.2. The highest BCUT2D eigenvalue weighted by atomic mass is 28.4. The summed E-state index contributed by atoms with van der Waals surface area (Å²) >= 11 is 0. The Labute approximate surface area is 208 Å². The fourth-order valence-electron chi connectivity index (χ4n) is 2.32. The number of carbonyl (C=O) groups excluding carboxylic acids is 3. The van der Waals surface area contributed by atoms with Gasteiger partial charge in [0, 0.05) is 13.1 Å². The number of carbonyl (C=O) groups is 3. The second-order valence-electron chi connectivity index (χ2n) is 11.6. The van der Waals surface area contributed by atoms with E-state index in [1.807, 2.05) is 0 Å². The largest absolute Gasteiger partial charge is 0.463 e. The number of esters is 1. The van der Waals surface area contributed by atoms with Crippen molar-refractivity contribution in [3.05, 3.63) is 0 Å². The first kappa shape index (κ1) is 32.7. The SMILES string of the molecule is CC(C)(C)[Si](C)(C)OCCOC(=O)CCNC(=O)CN(CCO[Si](C)(C)C(C)(C)C)C(=O)CN. The van der Waals surface area contributed by atoms with Crippen LogP contribution in [-0.4, -0.2) is 85.3 Å². The summed E-state index contributed by atoms with van der Waals surface area (Å²) in [5.41, 5.74) is 5.50. The lowest BCUT2D eigenvalue weighted by molar-refractivity contribution is -0.144. The molecule has 0 rings (SSSR count). The summed E-state index contributed by atoms with van der Waals surface area (Å²) in [4.78, 5) is 37.8. The first-order valence-electron chi connectivity index (χ1n) is 12.0. The van der Waals surface area contributed by atoms with Crippen molar-refractivity contribution in [2.24, 2.45) is 5.73 Å². The van der Waals surface area contributed by atoms with Gasteiger partial charge in [-0.15, -0.1) is 0 Å². The summed E-state index contributed by atoms with van der Waals surface area (Å²) < 4.78 is 17.3. The molecule has 34 heavy (non-hydrogen) atoms. The van der Waals surface area contributed by atoms with Gasteiger partial charge in [-0.1, -0.05) is 41.5 Å². The third kappa shape index (κ3) is 11.9. The number of ether oxygens (including phenoxy) is 1. The lowest BCUT2D eigenvalue weighted by Gasteiger charge is -2.36. The van der Waals surface area contributed by atoms with Crippen molar-refractivity contribution < 1.29 is 28.0 Å². The third-order valence-electron chi connectivity index (χ3n) is 6.76. The van der Waals surface area contributed by atoms with Crippen LogP contribution < -0.4 is 11.1 Å². The van der Waals surface area contributed by atoms with Crippen LogP contribution in [0.1, 0.15) is 48.0 Å². The molecule has 3 N–H and O–H groups in total. The van der Waals surface area contributed by atoms with E-state index in [-0.39, 0.29) is 61.1 Å². The highest BCUT2D eigenvalue weighted by molar-refractivity contribution is 6.74. The van der Waals surface area contributed by atoms with E-state index in [1.165, 1.54) is 4.90 Å². The first-order valence-corrected chi connectivity index (χ1v) is 17.8. The van der Waals surface area contributed by atoms with Crippen LogP contribution >= 0.6 is 0 Å². The van der Waals surface area contributed by atoms with Gasteiger partial charge in [0.05, 0.1) is 32.7 Å². The minimum absolute atomic E-state index is 0.0468. The van der Waals surface area contributed by atoms with Crippen molar-refractivity contribution in [1.29, 1.82) is 0 Å². The van der Waals surface area contributed by atoms with Crippen molar-refractivity contribution >= 4 is 34.4 Å². The quantitative estimate of drug-likeness (QED) is 0.206. The average molecular weight is 520 g/mol. The van der Waals surface area contributed by atoms with Crippen molar-refractivity contribution in [1.82, 2.24) is 10.2 Å². The van der Waals surface area contributed by atoms with Gasteiger partial charge in [-0.2, -0.15) is 0 Å². The normalized spacial score (nSPS) is 12.9. The molecule has 0 spiro atoms. The van der Waals surface area contributed by atoms with E-state index in [0.717, 1.165) is 0 Å². The Morgan fingerprint density at radius 1 is 0.853 bits per heavy atom. The Morgan fingerprint density at radius 2 is 1.35 bits per heavy atom. The molecule has 0 bridgehead atoms. The molecule has 0 heterocycles. The molecule has 0 unspecified atom stereocenters. The predicted octanol–water partition coefficient (Wildman–Crippen LogP) is 2.87. The van der Waals surface area contributed by atoms with E-state index in [0.29, 0.717) is 13.2 Å². The minimum Gasteiger partial charge on any atom is -0.463 e. The molecule has 0 aromatic carbocycles. The Morgan fingerprint density at radius 3 is 1.82 bits per heavy atom. The van der Waals surface area contributed by atoms with Gasteiger partial charge < -0.3 is 29.5 Å². The van der Waals surface area contributed by atoms with Crippen LogP contribution in [0.3, 0.4) is 0 Å². The Hall–Kier alpha value is -1.28. The topological polar surface area (TPSA) is 120 Å². The third-order valence-corrected chi connectivity index (χ3v) is 15.8. The van der Waals surface area contributed by atoms with Crippen molar-refractivity contribution in [3.8, 4) is 0 Å². The molecule has 2 amide bonds. The van der Waals surface area contributed by atoms with Crippen molar-refractivity contribution in [2.45, 2.75) is 84.2 Å². The zero-order valence-corrected chi connectivity index (χ0v) is 25.1. The smallest absolute Gasteiger partial charge is 0.307 e. The first-order chi connectivity index (χ1) is 15.3. The number of rotatable bonds is 14. The van der Waals surface area contributed by atoms with E-state index in [4.69, 9.17) is 19.3 Å². The number of nitrogens with zero attached hydrogens (tertiary/aromatic N) is 1. The molecule has 0 aromatic heterocycles. The molecule has 0 aromatic rings. The minimum atomic E-state index is -1.95. The molecule has 0 radical (unpaired) electrons. The van der Waals surface area contributed by atoms with Gasteiger partial charge in [-0.25, -0.2) is 0 Å². The fourth-order valence-corrected chi connectivity index (χ4v) is 4.38. The van der Waals surface area contributed by atoms with Crippen LogP contribution in [0, 0.1) is 0 Å². The van der Waals surface area contributed by atoms with E-state index < -0.39 is 22.6 Å². The fraction of sp³-hybridized carbons (Fsp3) is 0.870. The summed E-state index contributed by atoms with van der Waals surface area (Å²) in [6.07, 6.45) is 0.0468. The molecule has 0 aliphatic carbocycles. The lowest BCUT2D eigenvalue weighted by Crippen LogP contribution is -2.47. The maximum atomic E-state index is 12.3. The molecule has 0 fully saturated rings. The van der Waals surface area contributed by atoms with Gasteiger partial charge in [0.15, 0.2) is 16.6 Å². The van der Waals surface area contributed by atoms with Crippen LogP contribution in [0.15, 0.2) is 0 Å². The summed E-state index contributed by atoms with van der Waals surface area (Å²) in [6, 6.07) is 0. The average Bonchev–Trinajstić information content (AvgIpc) is 2.68. The van der Waals surface area contributed by atoms with E-state index >= 15 is 0 Å². The van der Waals surface area contributed by atoms with Crippen LogP contribution in [0.25, 0.3) is 0 Å². The zero-order chi connectivity index (χ0) is 26.8. The van der Waals surface area contributed by atoms with Gasteiger partial charge in [0.2, 0.25) is 11.8 Å². The molecule has 0 aliphatic rings. The van der Waals surface area contributed by atoms with Gasteiger partial charge in [-0.05, 0) is 36.3 Å². The van der Waals surface area contributed by atoms with Gasteiger partial charge >= 0.3 is 5.97 Å². The van der Waals surface area contributed by atoms with Gasteiger partial charge in [-0.3, -0.25) is 14.4 Å². The molecular formula is C23H49N3O6Si2. The summed E-state index contributed by atoms with van der Waals surface area (Å²) in [7, 11) is -3.82.